The van der Waals surface area contributed by atoms with Crippen molar-refractivity contribution in [2.24, 2.45) is 23.7 Å². The van der Waals surface area contributed by atoms with Crippen molar-refractivity contribution in [2.75, 3.05) is 6.61 Å². The fourth-order valence-electron chi connectivity index (χ4n) is 6.54. The van der Waals surface area contributed by atoms with E-state index in [9.17, 15) is 0 Å². The number of rotatable bonds is 8. The molecule has 0 saturated heterocycles. The van der Waals surface area contributed by atoms with Crippen molar-refractivity contribution < 1.29 is 9.47 Å². The molecule has 0 atom stereocenters. The molecular formula is C27H34BrNO2. The molecule has 4 heteroatoms. The van der Waals surface area contributed by atoms with Gasteiger partial charge in [-0.2, -0.15) is 0 Å². The third-order valence-corrected chi connectivity index (χ3v) is 8.38. The molecule has 31 heavy (non-hydrogen) atoms. The minimum Gasteiger partial charge on any atom is -0.490 e. The lowest BCUT2D eigenvalue weighted by Gasteiger charge is -2.54. The van der Waals surface area contributed by atoms with E-state index in [1.807, 2.05) is 6.92 Å². The predicted molar refractivity (Wildman–Crippen MR) is 128 cm³/mol. The molecule has 2 aromatic rings. The number of nitrogens with one attached hydrogen (secondary N) is 1. The molecule has 2 aromatic carbocycles. The summed E-state index contributed by atoms with van der Waals surface area (Å²) in [4.78, 5) is 0. The zero-order chi connectivity index (χ0) is 21.4. The van der Waals surface area contributed by atoms with Crippen molar-refractivity contribution in [3.63, 3.8) is 0 Å². The number of ether oxygens (including phenoxy) is 2. The number of halogens is 1. The Balaban J connectivity index is 1.27. The molecule has 0 unspecified atom stereocenters. The Morgan fingerprint density at radius 3 is 2.32 bits per heavy atom. The van der Waals surface area contributed by atoms with Crippen LogP contribution < -0.4 is 14.8 Å². The molecule has 0 aromatic heterocycles. The molecule has 4 aliphatic rings. The van der Waals surface area contributed by atoms with Gasteiger partial charge in [-0.1, -0.05) is 45.8 Å². The van der Waals surface area contributed by atoms with Crippen LogP contribution in [0.1, 0.15) is 55.7 Å². The van der Waals surface area contributed by atoms with Crippen LogP contribution >= 0.6 is 15.9 Å². The molecule has 4 bridgehead atoms. The van der Waals surface area contributed by atoms with Gasteiger partial charge in [0.15, 0.2) is 11.5 Å². The van der Waals surface area contributed by atoms with E-state index >= 15 is 0 Å². The first-order chi connectivity index (χ1) is 15.1. The van der Waals surface area contributed by atoms with Crippen molar-refractivity contribution in [3.05, 3.63) is 57.6 Å². The van der Waals surface area contributed by atoms with Gasteiger partial charge >= 0.3 is 0 Å². The predicted octanol–water partition coefficient (Wildman–Crippen LogP) is 6.65. The first-order valence-electron chi connectivity index (χ1n) is 12.0. The molecule has 0 heterocycles. The number of benzene rings is 2. The topological polar surface area (TPSA) is 30.5 Å². The summed E-state index contributed by atoms with van der Waals surface area (Å²) in [5, 5.41) is 3.95. The Bertz CT molecular complexity index is 899. The van der Waals surface area contributed by atoms with Gasteiger partial charge in [-0.05, 0) is 92.9 Å². The summed E-state index contributed by atoms with van der Waals surface area (Å²) in [5.74, 6) is 5.44. The normalized spacial score (nSPS) is 28.7. The third kappa shape index (κ3) is 4.66. The first-order valence-corrected chi connectivity index (χ1v) is 12.7. The highest BCUT2D eigenvalue weighted by molar-refractivity contribution is 9.10. The summed E-state index contributed by atoms with van der Waals surface area (Å²) in [7, 11) is 0. The molecule has 4 aliphatic carbocycles. The van der Waals surface area contributed by atoms with E-state index < -0.39 is 0 Å². The van der Waals surface area contributed by atoms with Crippen LogP contribution in [0.25, 0.3) is 0 Å². The van der Waals surface area contributed by atoms with Crippen LogP contribution in [0.15, 0.2) is 40.9 Å². The third-order valence-electron chi connectivity index (χ3n) is 7.64. The van der Waals surface area contributed by atoms with Gasteiger partial charge in [0.25, 0.3) is 0 Å². The highest BCUT2D eigenvalue weighted by atomic mass is 79.9. The van der Waals surface area contributed by atoms with Gasteiger partial charge in [-0.3, -0.25) is 0 Å². The van der Waals surface area contributed by atoms with Crippen LogP contribution in [0.2, 0.25) is 0 Å². The van der Waals surface area contributed by atoms with Gasteiger partial charge in [0.2, 0.25) is 0 Å². The molecule has 4 fully saturated rings. The Hall–Kier alpha value is -1.52. The highest BCUT2D eigenvalue weighted by Crippen LogP contribution is 2.53. The minimum absolute atomic E-state index is 0.541. The van der Waals surface area contributed by atoms with Crippen LogP contribution in [0.5, 0.6) is 11.5 Å². The quantitative estimate of drug-likeness (QED) is 0.455. The first kappa shape index (κ1) is 21.3. The van der Waals surface area contributed by atoms with Crippen molar-refractivity contribution in [2.45, 2.75) is 65.1 Å². The zero-order valence-corrected chi connectivity index (χ0v) is 20.3. The summed E-state index contributed by atoms with van der Waals surface area (Å²) in [6.45, 7) is 6.19. The molecule has 0 aliphatic heterocycles. The molecule has 166 valence electrons. The van der Waals surface area contributed by atoms with E-state index in [1.54, 1.807) is 0 Å². The maximum Gasteiger partial charge on any atom is 0.162 e. The van der Waals surface area contributed by atoms with Crippen LogP contribution in [-0.2, 0) is 13.2 Å². The van der Waals surface area contributed by atoms with Crippen LogP contribution in [0.3, 0.4) is 0 Å². The Kier molecular flexibility index (Phi) is 6.30. The Labute approximate surface area is 195 Å². The van der Waals surface area contributed by atoms with Gasteiger partial charge < -0.3 is 14.8 Å². The van der Waals surface area contributed by atoms with Gasteiger partial charge in [-0.15, -0.1) is 0 Å². The summed E-state index contributed by atoms with van der Waals surface area (Å²) in [6.07, 6.45) is 7.29. The molecule has 1 N–H and O–H groups in total. The minimum atomic E-state index is 0.541. The molecule has 4 saturated carbocycles. The van der Waals surface area contributed by atoms with Crippen LogP contribution in [0, 0.1) is 30.6 Å². The van der Waals surface area contributed by atoms with E-state index in [-0.39, 0.29) is 0 Å². The zero-order valence-electron chi connectivity index (χ0n) is 18.7. The van der Waals surface area contributed by atoms with Gasteiger partial charge in [0.1, 0.15) is 6.61 Å². The monoisotopic (exact) mass is 483 g/mol. The molecule has 3 nitrogen and oxygen atoms in total. The lowest BCUT2D eigenvalue weighted by Crippen LogP contribution is -2.54. The lowest BCUT2D eigenvalue weighted by molar-refractivity contribution is -0.0142. The maximum absolute atomic E-state index is 6.16. The molecular weight excluding hydrogens is 450 g/mol. The second kappa shape index (κ2) is 9.15. The van der Waals surface area contributed by atoms with Gasteiger partial charge in [0.05, 0.1) is 6.61 Å². The maximum atomic E-state index is 6.16. The van der Waals surface area contributed by atoms with E-state index in [0.717, 1.165) is 46.2 Å². The van der Waals surface area contributed by atoms with E-state index in [2.05, 4.69) is 64.6 Å². The molecule has 0 amide bonds. The molecule has 6 rings (SSSR count). The van der Waals surface area contributed by atoms with Crippen LogP contribution in [-0.4, -0.2) is 12.6 Å². The smallest absolute Gasteiger partial charge is 0.162 e. The average molecular weight is 484 g/mol. The fraction of sp³-hybridized carbons (Fsp3) is 0.556. The molecule has 0 spiro atoms. The highest BCUT2D eigenvalue weighted by Gasteiger charge is 2.47. The summed E-state index contributed by atoms with van der Waals surface area (Å²) in [6, 6.07) is 13.4. The summed E-state index contributed by atoms with van der Waals surface area (Å²) < 4.78 is 13.2. The fourth-order valence-corrected chi connectivity index (χ4v) is 7.01. The van der Waals surface area contributed by atoms with Crippen LogP contribution in [0.4, 0.5) is 0 Å². The number of aryl methyl sites for hydroxylation is 1. The van der Waals surface area contributed by atoms with Crippen molar-refractivity contribution in [3.8, 4) is 11.5 Å². The van der Waals surface area contributed by atoms with Crippen molar-refractivity contribution >= 4 is 15.9 Å². The number of hydrogen-bond donors (Lipinski definition) is 1. The summed E-state index contributed by atoms with van der Waals surface area (Å²) in [5.41, 5.74) is 3.67. The van der Waals surface area contributed by atoms with E-state index in [1.165, 1.54) is 48.8 Å². The van der Waals surface area contributed by atoms with Crippen molar-refractivity contribution in [1.82, 2.24) is 5.32 Å². The number of hydrogen-bond acceptors (Lipinski definition) is 3. The van der Waals surface area contributed by atoms with Gasteiger partial charge in [0, 0.05) is 17.1 Å². The Morgan fingerprint density at radius 1 is 0.935 bits per heavy atom. The van der Waals surface area contributed by atoms with Crippen molar-refractivity contribution in [1.29, 1.82) is 0 Å². The average Bonchev–Trinajstić information content (AvgIpc) is 2.73. The lowest BCUT2D eigenvalue weighted by atomic mass is 9.54. The largest absolute Gasteiger partial charge is 0.490 e. The molecule has 0 radical (unpaired) electrons. The summed E-state index contributed by atoms with van der Waals surface area (Å²) >= 11 is 3.80. The van der Waals surface area contributed by atoms with E-state index in [0.29, 0.717) is 19.3 Å². The van der Waals surface area contributed by atoms with E-state index in [4.69, 9.17) is 9.47 Å². The standard InChI is InChI=1S/C27H34BrNO2/c1-3-30-25-13-23(15-29-27-21-9-19-8-20(11-21)12-22(27)10-19)24(28)14-26(25)31-16-18-6-4-5-17(2)7-18/h4-7,13-14,19-22,27,29H,3,8-12,15-16H2,1-2H3. The Morgan fingerprint density at radius 2 is 1.65 bits per heavy atom. The second-order valence-corrected chi connectivity index (χ2v) is 10.8. The SMILES string of the molecule is CCOc1cc(CNC2C3CC4CC(C3)CC2C4)c(Br)cc1OCc1cccc(C)c1. The second-order valence-electron chi connectivity index (χ2n) is 9.94. The van der Waals surface area contributed by atoms with Gasteiger partial charge in [-0.25, -0.2) is 0 Å².